The lowest BCUT2D eigenvalue weighted by Gasteiger charge is -2.21. The van der Waals surface area contributed by atoms with E-state index in [0.717, 1.165) is 12.1 Å². The Balaban J connectivity index is 2.09. The predicted molar refractivity (Wildman–Crippen MR) is 93.2 cm³/mol. The smallest absolute Gasteiger partial charge is 0.245 e. The molecule has 5 nitrogen and oxygen atoms in total. The summed E-state index contributed by atoms with van der Waals surface area (Å²) in [4.78, 5) is 11.3. The molecule has 23 heavy (non-hydrogen) atoms. The summed E-state index contributed by atoms with van der Waals surface area (Å²) < 4.78 is 0. The van der Waals surface area contributed by atoms with Crippen LogP contribution in [0.1, 0.15) is 11.1 Å². The Morgan fingerprint density at radius 3 is 2.52 bits per heavy atom. The van der Waals surface area contributed by atoms with Gasteiger partial charge in [0, 0.05) is 12.6 Å². The van der Waals surface area contributed by atoms with Gasteiger partial charge in [0.25, 0.3) is 0 Å². The maximum Gasteiger partial charge on any atom is 0.245 e. The largest absolute Gasteiger partial charge is 0.397 e. The average Bonchev–Trinajstić information content (AvgIpc) is 2.56. The monoisotopic (exact) mass is 313 g/mol. The zero-order valence-electron chi connectivity index (χ0n) is 13.3. The first-order chi connectivity index (χ1) is 11.1. The van der Waals surface area contributed by atoms with Crippen LogP contribution >= 0.6 is 0 Å². The van der Waals surface area contributed by atoms with Crippen LogP contribution in [-0.2, 0) is 11.2 Å². The number of carbonyl (C=O) groups excluding carboxylic acids is 1. The Kier molecular flexibility index (Phi) is 6.00. The number of para-hydroxylation sites is 2. The number of anilines is 2. The molecule has 1 amide bonds. The minimum absolute atomic E-state index is 0.0297. The fourth-order valence-corrected chi connectivity index (χ4v) is 2.32. The highest BCUT2D eigenvalue weighted by atomic mass is 16.3. The molecule has 1 atom stereocenters. The summed E-state index contributed by atoms with van der Waals surface area (Å²) in [5, 5.41) is 14.9. The molecule has 0 spiro atoms. The van der Waals surface area contributed by atoms with Crippen molar-refractivity contribution >= 4 is 17.3 Å². The quantitative estimate of drug-likeness (QED) is 0.586. The summed E-state index contributed by atoms with van der Waals surface area (Å²) in [5.74, 6) is -0.387. The summed E-state index contributed by atoms with van der Waals surface area (Å²) in [6.07, 6.45) is 0.736. The molecule has 0 aromatic heterocycles. The van der Waals surface area contributed by atoms with Gasteiger partial charge < -0.3 is 21.5 Å². The lowest BCUT2D eigenvalue weighted by atomic mass is 10.0. The van der Waals surface area contributed by atoms with Crippen molar-refractivity contribution in [2.45, 2.75) is 19.4 Å². The van der Waals surface area contributed by atoms with Gasteiger partial charge in [-0.15, -0.1) is 0 Å². The van der Waals surface area contributed by atoms with Crippen molar-refractivity contribution in [1.29, 1.82) is 0 Å². The maximum absolute atomic E-state index is 11.3. The third-order valence-corrected chi connectivity index (χ3v) is 3.61. The molecule has 122 valence electrons. The lowest BCUT2D eigenvalue weighted by molar-refractivity contribution is -0.123. The molecule has 5 N–H and O–H groups in total. The molecule has 0 bridgehead atoms. The number of aliphatic hydroxyl groups excluding tert-OH is 1. The first kappa shape index (κ1) is 16.8. The summed E-state index contributed by atoms with van der Waals surface area (Å²) in [6.45, 7) is 1.94. The van der Waals surface area contributed by atoms with Crippen LogP contribution in [0.15, 0.2) is 48.5 Å². The van der Waals surface area contributed by atoms with E-state index in [2.05, 4.69) is 34.9 Å². The van der Waals surface area contributed by atoms with Crippen molar-refractivity contribution in [3.8, 4) is 0 Å². The molecular weight excluding hydrogens is 290 g/mol. The zero-order valence-corrected chi connectivity index (χ0v) is 13.3. The number of carbonyl (C=O) groups is 1. The molecule has 2 aromatic carbocycles. The Morgan fingerprint density at radius 1 is 1.17 bits per heavy atom. The first-order valence-corrected chi connectivity index (χ1v) is 7.62. The number of benzene rings is 2. The number of aliphatic hydroxyl groups is 1. The third-order valence-electron chi connectivity index (χ3n) is 3.61. The molecule has 5 heteroatoms. The fourth-order valence-electron chi connectivity index (χ4n) is 2.32. The van der Waals surface area contributed by atoms with E-state index in [1.54, 1.807) is 0 Å². The zero-order chi connectivity index (χ0) is 16.7. The van der Waals surface area contributed by atoms with Crippen LogP contribution in [-0.4, -0.2) is 30.2 Å². The minimum Gasteiger partial charge on any atom is -0.397 e. The van der Waals surface area contributed by atoms with Gasteiger partial charge in [0.1, 0.15) is 6.61 Å². The standard InChI is InChI=1S/C18H23N3O2/c1-13-6-8-14(9-7-13)10-15(11-20-18(23)12-22)21-17-5-3-2-4-16(17)19/h2-9,15,21-22H,10-12,19H2,1H3,(H,20,23)/t15-/m0/s1. The molecule has 0 saturated heterocycles. The minimum atomic E-state index is -0.509. The Bertz CT molecular complexity index is 641. The fraction of sp³-hybridized carbons (Fsp3) is 0.278. The summed E-state index contributed by atoms with van der Waals surface area (Å²) in [7, 11) is 0. The van der Waals surface area contributed by atoms with E-state index in [0.29, 0.717) is 12.2 Å². The summed E-state index contributed by atoms with van der Waals surface area (Å²) in [5.41, 5.74) is 9.85. The predicted octanol–water partition coefficient (Wildman–Crippen LogP) is 1.71. The SMILES string of the molecule is Cc1ccc(C[C@@H](CNC(=O)CO)Nc2ccccc2N)cc1. The molecule has 0 radical (unpaired) electrons. The molecule has 2 aromatic rings. The number of hydrogen-bond acceptors (Lipinski definition) is 4. The van der Waals surface area contributed by atoms with E-state index in [-0.39, 0.29) is 11.9 Å². The van der Waals surface area contributed by atoms with Crippen LogP contribution in [0.2, 0.25) is 0 Å². The maximum atomic E-state index is 11.3. The van der Waals surface area contributed by atoms with Crippen molar-refractivity contribution in [1.82, 2.24) is 5.32 Å². The number of nitrogen functional groups attached to an aromatic ring is 1. The number of amides is 1. The molecule has 2 rings (SSSR count). The third kappa shape index (κ3) is 5.30. The van der Waals surface area contributed by atoms with Crippen molar-refractivity contribution in [3.05, 3.63) is 59.7 Å². The van der Waals surface area contributed by atoms with Crippen molar-refractivity contribution in [2.75, 3.05) is 24.2 Å². The van der Waals surface area contributed by atoms with Crippen molar-refractivity contribution in [2.24, 2.45) is 0 Å². The van der Waals surface area contributed by atoms with Gasteiger partial charge in [0.05, 0.1) is 11.4 Å². The molecule has 0 aliphatic carbocycles. The molecule has 0 aliphatic rings. The van der Waals surface area contributed by atoms with Gasteiger partial charge in [0.2, 0.25) is 5.91 Å². The van der Waals surface area contributed by atoms with Gasteiger partial charge in [-0.25, -0.2) is 0 Å². The summed E-state index contributed by atoms with van der Waals surface area (Å²) >= 11 is 0. The normalized spacial score (nSPS) is 11.7. The van der Waals surface area contributed by atoms with Crippen molar-refractivity contribution in [3.63, 3.8) is 0 Å². The molecule has 0 heterocycles. The summed E-state index contributed by atoms with van der Waals surface area (Å²) in [6, 6.07) is 15.8. The van der Waals surface area contributed by atoms with Crippen LogP contribution in [0.25, 0.3) is 0 Å². The van der Waals surface area contributed by atoms with Gasteiger partial charge in [-0.05, 0) is 31.0 Å². The Hall–Kier alpha value is -2.53. The Labute approximate surface area is 136 Å². The number of rotatable bonds is 7. The van der Waals surface area contributed by atoms with Crippen LogP contribution in [0, 0.1) is 6.92 Å². The molecule has 0 unspecified atom stereocenters. The molecular formula is C18H23N3O2. The van der Waals surface area contributed by atoms with Gasteiger partial charge >= 0.3 is 0 Å². The number of nitrogens with one attached hydrogen (secondary N) is 2. The van der Waals surface area contributed by atoms with E-state index < -0.39 is 6.61 Å². The van der Waals surface area contributed by atoms with Crippen LogP contribution in [0.5, 0.6) is 0 Å². The number of hydrogen-bond donors (Lipinski definition) is 4. The highest BCUT2D eigenvalue weighted by Gasteiger charge is 2.12. The van der Waals surface area contributed by atoms with Crippen LogP contribution in [0.4, 0.5) is 11.4 Å². The topological polar surface area (TPSA) is 87.4 Å². The van der Waals surface area contributed by atoms with Crippen LogP contribution in [0.3, 0.4) is 0 Å². The highest BCUT2D eigenvalue weighted by Crippen LogP contribution is 2.19. The van der Waals surface area contributed by atoms with Crippen LogP contribution < -0.4 is 16.4 Å². The van der Waals surface area contributed by atoms with Gasteiger partial charge in [-0.1, -0.05) is 42.0 Å². The van der Waals surface area contributed by atoms with Crippen molar-refractivity contribution < 1.29 is 9.90 Å². The molecule has 0 aliphatic heterocycles. The van der Waals surface area contributed by atoms with Gasteiger partial charge in [0.15, 0.2) is 0 Å². The van der Waals surface area contributed by atoms with Gasteiger partial charge in [-0.2, -0.15) is 0 Å². The average molecular weight is 313 g/mol. The number of aryl methyl sites for hydroxylation is 1. The van der Waals surface area contributed by atoms with E-state index in [1.807, 2.05) is 31.2 Å². The second kappa shape index (κ2) is 8.19. The number of nitrogens with two attached hydrogens (primary N) is 1. The Morgan fingerprint density at radius 2 is 1.87 bits per heavy atom. The van der Waals surface area contributed by atoms with Gasteiger partial charge in [-0.3, -0.25) is 4.79 Å². The second-order valence-corrected chi connectivity index (χ2v) is 5.58. The molecule has 0 fully saturated rings. The van der Waals surface area contributed by atoms with E-state index in [9.17, 15) is 4.79 Å². The lowest BCUT2D eigenvalue weighted by Crippen LogP contribution is -2.39. The highest BCUT2D eigenvalue weighted by molar-refractivity contribution is 5.77. The van der Waals surface area contributed by atoms with E-state index in [1.165, 1.54) is 11.1 Å². The first-order valence-electron chi connectivity index (χ1n) is 7.62. The second-order valence-electron chi connectivity index (χ2n) is 5.58. The van der Waals surface area contributed by atoms with E-state index >= 15 is 0 Å². The van der Waals surface area contributed by atoms with E-state index in [4.69, 9.17) is 10.8 Å². The molecule has 0 saturated carbocycles.